The minimum absolute atomic E-state index is 0.162. The van der Waals surface area contributed by atoms with Crippen LogP contribution in [-0.2, 0) is 9.53 Å². The molecule has 0 radical (unpaired) electrons. The van der Waals surface area contributed by atoms with Gasteiger partial charge in [-0.3, -0.25) is 4.79 Å². The Balaban J connectivity index is 3.75. The van der Waals surface area contributed by atoms with Crippen molar-refractivity contribution in [2.24, 2.45) is 17.4 Å². The monoisotopic (exact) mass is 174 g/mol. The van der Waals surface area contributed by atoms with Crippen molar-refractivity contribution < 1.29 is 9.53 Å². The van der Waals surface area contributed by atoms with Gasteiger partial charge in [-0.05, 0) is 5.92 Å². The van der Waals surface area contributed by atoms with E-state index in [4.69, 9.17) is 16.2 Å². The van der Waals surface area contributed by atoms with Gasteiger partial charge in [0, 0.05) is 6.54 Å². The van der Waals surface area contributed by atoms with E-state index in [0.29, 0.717) is 6.54 Å². The number of hydrogen-bond acceptors (Lipinski definition) is 4. The Kier molecular flexibility index (Phi) is 5.66. The highest BCUT2D eigenvalue weighted by Gasteiger charge is 2.20. The molecule has 0 bridgehead atoms. The standard InChI is InChI=1S/C8H18N2O2/c1-3-6(2)7(10)8(11)12-5-4-9/h6-7H,3-5,9-10H2,1-2H3/t6-,7-/m0/s1. The predicted molar refractivity (Wildman–Crippen MR) is 47.4 cm³/mol. The summed E-state index contributed by atoms with van der Waals surface area (Å²) in [5, 5.41) is 0. The number of hydrogen-bond donors (Lipinski definition) is 2. The molecule has 72 valence electrons. The average Bonchev–Trinajstić information content (AvgIpc) is 2.11. The van der Waals surface area contributed by atoms with Crippen molar-refractivity contribution in [3.05, 3.63) is 0 Å². The first kappa shape index (κ1) is 11.4. The first-order valence-corrected chi connectivity index (χ1v) is 4.25. The van der Waals surface area contributed by atoms with Crippen molar-refractivity contribution in [3.63, 3.8) is 0 Å². The summed E-state index contributed by atoms with van der Waals surface area (Å²) < 4.78 is 4.79. The third kappa shape index (κ3) is 3.69. The summed E-state index contributed by atoms with van der Waals surface area (Å²) >= 11 is 0. The van der Waals surface area contributed by atoms with Crippen molar-refractivity contribution in [1.82, 2.24) is 0 Å². The van der Waals surface area contributed by atoms with Crippen LogP contribution < -0.4 is 11.5 Å². The molecule has 4 heteroatoms. The van der Waals surface area contributed by atoms with Crippen molar-refractivity contribution in [2.45, 2.75) is 26.3 Å². The molecule has 2 atom stereocenters. The SMILES string of the molecule is CC[C@H](C)[C@H](N)C(=O)OCCN. The van der Waals surface area contributed by atoms with Gasteiger partial charge in [0.05, 0.1) is 0 Å². The van der Waals surface area contributed by atoms with Crippen molar-refractivity contribution >= 4 is 5.97 Å². The van der Waals surface area contributed by atoms with Gasteiger partial charge < -0.3 is 16.2 Å². The maximum absolute atomic E-state index is 11.1. The van der Waals surface area contributed by atoms with E-state index in [1.807, 2.05) is 13.8 Å². The lowest BCUT2D eigenvalue weighted by Gasteiger charge is -2.16. The van der Waals surface area contributed by atoms with Crippen LogP contribution in [0.3, 0.4) is 0 Å². The molecular weight excluding hydrogens is 156 g/mol. The Morgan fingerprint density at radius 1 is 1.58 bits per heavy atom. The van der Waals surface area contributed by atoms with Gasteiger partial charge >= 0.3 is 5.97 Å². The van der Waals surface area contributed by atoms with Crippen LogP contribution in [-0.4, -0.2) is 25.2 Å². The summed E-state index contributed by atoms with van der Waals surface area (Å²) in [6.07, 6.45) is 0.874. The molecule has 0 rings (SSSR count). The molecule has 12 heavy (non-hydrogen) atoms. The lowest BCUT2D eigenvalue weighted by molar-refractivity contribution is -0.146. The minimum Gasteiger partial charge on any atom is -0.463 e. The number of ether oxygens (including phenoxy) is 1. The number of esters is 1. The molecular formula is C8H18N2O2. The van der Waals surface area contributed by atoms with Gasteiger partial charge in [0.25, 0.3) is 0 Å². The molecule has 0 aliphatic carbocycles. The minimum atomic E-state index is -0.512. The Hall–Kier alpha value is -0.610. The van der Waals surface area contributed by atoms with E-state index in [1.54, 1.807) is 0 Å². The molecule has 0 amide bonds. The van der Waals surface area contributed by atoms with Gasteiger partial charge in [0.15, 0.2) is 0 Å². The fourth-order valence-corrected chi connectivity index (χ4v) is 0.742. The topological polar surface area (TPSA) is 78.3 Å². The van der Waals surface area contributed by atoms with Crippen molar-refractivity contribution in [3.8, 4) is 0 Å². The van der Waals surface area contributed by atoms with Gasteiger partial charge in [-0.25, -0.2) is 0 Å². The first-order chi connectivity index (χ1) is 5.63. The maximum atomic E-state index is 11.1. The van der Waals surface area contributed by atoms with Crippen LogP contribution in [0.5, 0.6) is 0 Å². The summed E-state index contributed by atoms with van der Waals surface area (Å²) in [5.41, 5.74) is 10.8. The quantitative estimate of drug-likeness (QED) is 0.569. The highest BCUT2D eigenvalue weighted by Crippen LogP contribution is 2.06. The summed E-state index contributed by atoms with van der Waals surface area (Å²) in [6, 6.07) is -0.512. The zero-order valence-electron chi connectivity index (χ0n) is 7.75. The zero-order valence-corrected chi connectivity index (χ0v) is 7.75. The Morgan fingerprint density at radius 3 is 2.58 bits per heavy atom. The van der Waals surface area contributed by atoms with Crippen LogP contribution in [0.1, 0.15) is 20.3 Å². The van der Waals surface area contributed by atoms with Gasteiger partial charge in [0.1, 0.15) is 12.6 Å². The lowest BCUT2D eigenvalue weighted by atomic mass is 10.0. The molecule has 0 saturated heterocycles. The van der Waals surface area contributed by atoms with Crippen LogP contribution in [0.4, 0.5) is 0 Å². The van der Waals surface area contributed by atoms with Crippen LogP contribution in [0.2, 0.25) is 0 Å². The van der Waals surface area contributed by atoms with Crippen LogP contribution in [0.25, 0.3) is 0 Å². The van der Waals surface area contributed by atoms with Gasteiger partial charge in [-0.15, -0.1) is 0 Å². The Bertz CT molecular complexity index is 139. The molecule has 4 N–H and O–H groups in total. The largest absolute Gasteiger partial charge is 0.463 e. The van der Waals surface area contributed by atoms with Gasteiger partial charge in [0.2, 0.25) is 0 Å². The molecule has 0 aliphatic rings. The number of nitrogens with two attached hydrogens (primary N) is 2. The molecule has 4 nitrogen and oxygen atoms in total. The summed E-state index contributed by atoms with van der Waals surface area (Å²) in [5.74, 6) is -0.190. The third-order valence-corrected chi connectivity index (χ3v) is 1.89. The van der Waals surface area contributed by atoms with Gasteiger partial charge in [-0.2, -0.15) is 0 Å². The van der Waals surface area contributed by atoms with E-state index in [2.05, 4.69) is 0 Å². The predicted octanol–water partition coefficient (Wildman–Crippen LogP) is -0.138. The highest BCUT2D eigenvalue weighted by atomic mass is 16.5. The molecule has 0 saturated carbocycles. The number of carbonyl (C=O) groups excluding carboxylic acids is 1. The van der Waals surface area contributed by atoms with E-state index >= 15 is 0 Å². The number of carbonyl (C=O) groups is 1. The second-order valence-corrected chi connectivity index (χ2v) is 2.87. The molecule has 0 aromatic carbocycles. The van der Waals surface area contributed by atoms with Crippen molar-refractivity contribution in [1.29, 1.82) is 0 Å². The smallest absolute Gasteiger partial charge is 0.323 e. The molecule has 0 aromatic rings. The van der Waals surface area contributed by atoms with E-state index in [-0.39, 0.29) is 18.5 Å². The molecule has 0 fully saturated rings. The summed E-state index contributed by atoms with van der Waals surface area (Å²) in [4.78, 5) is 11.1. The van der Waals surface area contributed by atoms with Gasteiger partial charge in [-0.1, -0.05) is 20.3 Å². The zero-order chi connectivity index (χ0) is 9.56. The maximum Gasteiger partial charge on any atom is 0.323 e. The van der Waals surface area contributed by atoms with Crippen LogP contribution in [0.15, 0.2) is 0 Å². The fourth-order valence-electron chi connectivity index (χ4n) is 0.742. The lowest BCUT2D eigenvalue weighted by Crippen LogP contribution is -2.38. The molecule has 0 aliphatic heterocycles. The van der Waals surface area contributed by atoms with E-state index in [9.17, 15) is 4.79 Å². The Morgan fingerprint density at radius 2 is 2.17 bits per heavy atom. The molecule has 0 aromatic heterocycles. The van der Waals surface area contributed by atoms with E-state index < -0.39 is 6.04 Å². The molecule has 0 unspecified atom stereocenters. The summed E-state index contributed by atoms with van der Waals surface area (Å²) in [6.45, 7) is 4.51. The fraction of sp³-hybridized carbons (Fsp3) is 0.875. The van der Waals surface area contributed by atoms with E-state index in [1.165, 1.54) is 0 Å². The molecule has 0 heterocycles. The first-order valence-electron chi connectivity index (χ1n) is 4.25. The van der Waals surface area contributed by atoms with Crippen LogP contribution in [0, 0.1) is 5.92 Å². The van der Waals surface area contributed by atoms with E-state index in [0.717, 1.165) is 6.42 Å². The Labute approximate surface area is 73.2 Å². The third-order valence-electron chi connectivity index (χ3n) is 1.89. The molecule has 0 spiro atoms. The average molecular weight is 174 g/mol. The number of rotatable bonds is 5. The van der Waals surface area contributed by atoms with Crippen LogP contribution >= 0.6 is 0 Å². The second-order valence-electron chi connectivity index (χ2n) is 2.87. The summed E-state index contributed by atoms with van der Waals surface area (Å²) in [7, 11) is 0. The second kappa shape index (κ2) is 5.97. The highest BCUT2D eigenvalue weighted by molar-refractivity contribution is 5.75. The van der Waals surface area contributed by atoms with Crippen molar-refractivity contribution in [2.75, 3.05) is 13.2 Å². The normalized spacial score (nSPS) is 15.3.